The maximum absolute atomic E-state index is 9.70. The van der Waals surface area contributed by atoms with Crippen LogP contribution in [0.5, 0.6) is 0 Å². The summed E-state index contributed by atoms with van der Waals surface area (Å²) in [7, 11) is 0. The third-order valence-corrected chi connectivity index (χ3v) is 0.675. The molecule has 0 aliphatic carbocycles. The van der Waals surface area contributed by atoms with Gasteiger partial charge in [0.05, 0.1) is 0 Å². The topological polar surface area (TPSA) is 35.4 Å². The van der Waals surface area contributed by atoms with Gasteiger partial charge in [-0.2, -0.15) is 0 Å². The Balaban J connectivity index is 3.52. The molecule has 3 heteroatoms. The minimum Gasteiger partial charge on any atom is -0.780 e. The van der Waals surface area contributed by atoms with E-state index in [0.29, 0.717) is 0 Å². The van der Waals surface area contributed by atoms with Gasteiger partial charge in [-0.25, -0.2) is 4.40 Å². The van der Waals surface area contributed by atoms with Crippen molar-refractivity contribution in [2.75, 3.05) is 0 Å². The second-order valence-corrected chi connectivity index (χ2v) is 3.03. The second-order valence-electron chi connectivity index (χ2n) is 2.68. The SMILES string of the molecule is CC(C)(C)C=NS[O-]. The fourth-order valence-electron chi connectivity index (χ4n) is 0.180. The van der Waals surface area contributed by atoms with Crippen LogP contribution in [0.3, 0.4) is 0 Å². The van der Waals surface area contributed by atoms with Crippen LogP contribution < -0.4 is 0 Å². The van der Waals surface area contributed by atoms with Gasteiger partial charge in [0.1, 0.15) is 0 Å². The lowest BCUT2D eigenvalue weighted by molar-refractivity contribution is 0.602. The van der Waals surface area contributed by atoms with E-state index in [2.05, 4.69) is 4.40 Å². The van der Waals surface area contributed by atoms with Gasteiger partial charge < -0.3 is 4.55 Å². The predicted octanol–water partition coefficient (Wildman–Crippen LogP) is 1.88. The van der Waals surface area contributed by atoms with Crippen molar-refractivity contribution in [3.8, 4) is 0 Å². The molecule has 0 rings (SSSR count). The maximum Gasteiger partial charge on any atom is 0.0166 e. The molecular formula is C5H10NOS-. The summed E-state index contributed by atoms with van der Waals surface area (Å²) >= 11 is 0.248. The Labute approximate surface area is 54.4 Å². The molecule has 0 aromatic carbocycles. The maximum atomic E-state index is 9.70. The molecular weight excluding hydrogens is 122 g/mol. The van der Waals surface area contributed by atoms with E-state index >= 15 is 0 Å². The zero-order valence-corrected chi connectivity index (χ0v) is 6.16. The smallest absolute Gasteiger partial charge is 0.0166 e. The first kappa shape index (κ1) is 7.98. The van der Waals surface area contributed by atoms with E-state index in [1.54, 1.807) is 6.21 Å². The summed E-state index contributed by atoms with van der Waals surface area (Å²) in [6, 6.07) is 0. The van der Waals surface area contributed by atoms with Crippen molar-refractivity contribution in [2.24, 2.45) is 9.81 Å². The zero-order chi connectivity index (χ0) is 6.62. The molecule has 0 aromatic heterocycles. The fourth-order valence-corrected chi connectivity index (χ4v) is 0.539. The Morgan fingerprint density at radius 2 is 2.00 bits per heavy atom. The standard InChI is InChI=1S/C5H11NOS/c1-5(2,3)4-6-8-7/h4,7H,1-3H3/p-1. The summed E-state index contributed by atoms with van der Waals surface area (Å²) in [6.07, 6.45) is 1.64. The van der Waals surface area contributed by atoms with E-state index in [4.69, 9.17) is 0 Å². The lowest BCUT2D eigenvalue weighted by Gasteiger charge is -2.09. The van der Waals surface area contributed by atoms with Crippen LogP contribution in [-0.2, 0) is 0 Å². The molecule has 8 heavy (non-hydrogen) atoms. The summed E-state index contributed by atoms with van der Waals surface area (Å²) in [6.45, 7) is 5.98. The van der Waals surface area contributed by atoms with Crippen molar-refractivity contribution in [2.45, 2.75) is 20.8 Å². The Morgan fingerprint density at radius 1 is 1.50 bits per heavy atom. The van der Waals surface area contributed by atoms with E-state index in [1.807, 2.05) is 20.8 Å². The molecule has 0 fully saturated rings. The van der Waals surface area contributed by atoms with Crippen LogP contribution in [0, 0.1) is 5.41 Å². The molecule has 0 saturated heterocycles. The van der Waals surface area contributed by atoms with Crippen LogP contribution in [0.25, 0.3) is 0 Å². The molecule has 0 radical (unpaired) electrons. The molecule has 0 atom stereocenters. The minimum absolute atomic E-state index is 0.0391. The van der Waals surface area contributed by atoms with E-state index in [9.17, 15) is 4.55 Å². The summed E-state index contributed by atoms with van der Waals surface area (Å²) in [5.41, 5.74) is 0.0391. The second kappa shape index (κ2) is 3.10. The molecule has 0 unspecified atom stereocenters. The predicted molar refractivity (Wildman–Crippen MR) is 36.3 cm³/mol. The van der Waals surface area contributed by atoms with Crippen molar-refractivity contribution < 1.29 is 4.55 Å². The van der Waals surface area contributed by atoms with Crippen LogP contribution in [-0.4, -0.2) is 10.8 Å². The molecule has 0 aliphatic heterocycles. The van der Waals surface area contributed by atoms with Gasteiger partial charge in [-0.05, 0) is 5.41 Å². The minimum atomic E-state index is 0.0391. The van der Waals surface area contributed by atoms with E-state index < -0.39 is 0 Å². The van der Waals surface area contributed by atoms with Crippen molar-refractivity contribution >= 4 is 18.4 Å². The highest BCUT2D eigenvalue weighted by atomic mass is 32.2. The Morgan fingerprint density at radius 3 is 2.12 bits per heavy atom. The van der Waals surface area contributed by atoms with Gasteiger partial charge in [0.2, 0.25) is 0 Å². The number of rotatable bonds is 1. The number of nitrogens with zero attached hydrogens (tertiary/aromatic N) is 1. The Bertz CT molecular complexity index is 84.9. The van der Waals surface area contributed by atoms with Crippen LogP contribution in [0.4, 0.5) is 0 Å². The van der Waals surface area contributed by atoms with Gasteiger partial charge in [-0.1, -0.05) is 20.8 Å². The molecule has 0 heterocycles. The number of hydrogen-bond donors (Lipinski definition) is 0. The molecule has 0 aliphatic rings. The molecule has 2 nitrogen and oxygen atoms in total. The zero-order valence-electron chi connectivity index (χ0n) is 5.34. The average molecular weight is 132 g/mol. The highest BCUT2D eigenvalue weighted by Crippen LogP contribution is 2.09. The molecule has 0 amide bonds. The van der Waals surface area contributed by atoms with Crippen LogP contribution >= 0.6 is 12.2 Å². The molecule has 0 saturated carbocycles. The van der Waals surface area contributed by atoms with Crippen molar-refractivity contribution in [1.82, 2.24) is 0 Å². The molecule has 0 N–H and O–H groups in total. The summed E-state index contributed by atoms with van der Waals surface area (Å²) in [5.74, 6) is 0. The van der Waals surface area contributed by atoms with E-state index in [-0.39, 0.29) is 17.6 Å². The van der Waals surface area contributed by atoms with Crippen LogP contribution in [0.2, 0.25) is 0 Å². The van der Waals surface area contributed by atoms with Gasteiger partial charge in [-0.15, -0.1) is 12.2 Å². The average Bonchev–Trinajstić information content (AvgIpc) is 1.59. The van der Waals surface area contributed by atoms with Crippen LogP contribution in [0.15, 0.2) is 4.40 Å². The monoisotopic (exact) mass is 132 g/mol. The van der Waals surface area contributed by atoms with E-state index in [0.717, 1.165) is 0 Å². The first-order valence-corrected chi connectivity index (χ1v) is 3.09. The van der Waals surface area contributed by atoms with Crippen molar-refractivity contribution in [3.63, 3.8) is 0 Å². The van der Waals surface area contributed by atoms with Gasteiger partial charge in [0.15, 0.2) is 0 Å². The Kier molecular flexibility index (Phi) is 3.09. The lowest BCUT2D eigenvalue weighted by atomic mass is 10.00. The largest absolute Gasteiger partial charge is 0.780 e. The summed E-state index contributed by atoms with van der Waals surface area (Å²) < 4.78 is 13.2. The summed E-state index contributed by atoms with van der Waals surface area (Å²) in [5, 5.41) is 0. The van der Waals surface area contributed by atoms with Gasteiger partial charge in [0.25, 0.3) is 0 Å². The first-order valence-electron chi connectivity index (χ1n) is 2.40. The third-order valence-electron chi connectivity index (χ3n) is 0.483. The molecule has 48 valence electrons. The third kappa shape index (κ3) is 5.98. The lowest BCUT2D eigenvalue weighted by Crippen LogP contribution is -2.04. The van der Waals surface area contributed by atoms with E-state index in [1.165, 1.54) is 0 Å². The number of hydrogen-bond acceptors (Lipinski definition) is 3. The molecule has 0 bridgehead atoms. The molecule has 0 aromatic rings. The molecule has 0 spiro atoms. The first-order chi connectivity index (χ1) is 3.56. The highest BCUT2D eigenvalue weighted by molar-refractivity contribution is 7.92. The quantitative estimate of drug-likeness (QED) is 0.310. The highest BCUT2D eigenvalue weighted by Gasteiger charge is 2.03. The van der Waals surface area contributed by atoms with Crippen molar-refractivity contribution in [3.05, 3.63) is 0 Å². The van der Waals surface area contributed by atoms with Crippen molar-refractivity contribution in [1.29, 1.82) is 0 Å². The van der Waals surface area contributed by atoms with Crippen LogP contribution in [0.1, 0.15) is 20.8 Å². The fraction of sp³-hybridized carbons (Fsp3) is 0.800. The van der Waals surface area contributed by atoms with Gasteiger partial charge in [-0.3, -0.25) is 0 Å². The van der Waals surface area contributed by atoms with Gasteiger partial charge >= 0.3 is 0 Å². The van der Waals surface area contributed by atoms with Gasteiger partial charge in [0, 0.05) is 6.21 Å². The summed E-state index contributed by atoms with van der Waals surface area (Å²) in [4.78, 5) is 0. The normalized spacial score (nSPS) is 13.0. The Hall–Kier alpha value is -0.0200.